The Hall–Kier alpha value is -1.13. The number of H-pyrrole nitrogens is 1. The molecule has 3 rings (SSSR count). The van der Waals surface area contributed by atoms with Gasteiger partial charge in [0, 0.05) is 29.0 Å². The van der Waals surface area contributed by atoms with Crippen LogP contribution in [0.25, 0.3) is 0 Å². The first kappa shape index (κ1) is 11.9. The van der Waals surface area contributed by atoms with Crippen LogP contribution in [0.4, 0.5) is 0 Å². The van der Waals surface area contributed by atoms with Gasteiger partial charge in [-0.25, -0.2) is 4.98 Å². The highest BCUT2D eigenvalue weighted by atomic mass is 79.9. The molecule has 0 saturated carbocycles. The highest BCUT2D eigenvalue weighted by Crippen LogP contribution is 2.24. The number of aromatic nitrogens is 2. The van der Waals surface area contributed by atoms with Crippen LogP contribution in [0.5, 0.6) is 0 Å². The van der Waals surface area contributed by atoms with Gasteiger partial charge in [-0.1, -0.05) is 22.0 Å². The SMILES string of the molecule is Brc1ccc2c(c1)CCC(NCc1cnc[nH]1)C2. The number of nitrogens with zero attached hydrogens (tertiary/aromatic N) is 1. The number of rotatable bonds is 3. The molecular weight excluding hydrogens is 290 g/mol. The standard InChI is InChI=1S/C14H16BrN3/c15-12-3-1-11-6-13(4-2-10(11)5-12)17-8-14-7-16-9-18-14/h1,3,5,7,9,13,17H,2,4,6,8H2,(H,16,18). The molecule has 2 N–H and O–H groups in total. The van der Waals surface area contributed by atoms with E-state index in [1.807, 2.05) is 6.20 Å². The lowest BCUT2D eigenvalue weighted by Gasteiger charge is -2.25. The summed E-state index contributed by atoms with van der Waals surface area (Å²) in [5.41, 5.74) is 4.12. The van der Waals surface area contributed by atoms with Gasteiger partial charge in [0.1, 0.15) is 0 Å². The summed E-state index contributed by atoms with van der Waals surface area (Å²) in [5.74, 6) is 0. The van der Waals surface area contributed by atoms with E-state index in [0.717, 1.165) is 25.1 Å². The van der Waals surface area contributed by atoms with E-state index in [1.54, 1.807) is 6.33 Å². The molecule has 0 radical (unpaired) electrons. The maximum Gasteiger partial charge on any atom is 0.0922 e. The number of aromatic amines is 1. The van der Waals surface area contributed by atoms with Crippen LogP contribution in [0.3, 0.4) is 0 Å². The second-order valence-electron chi connectivity index (χ2n) is 4.81. The summed E-state index contributed by atoms with van der Waals surface area (Å²) < 4.78 is 1.19. The zero-order valence-electron chi connectivity index (χ0n) is 10.1. The van der Waals surface area contributed by atoms with E-state index in [1.165, 1.54) is 22.0 Å². The second kappa shape index (κ2) is 5.24. The third kappa shape index (κ3) is 2.65. The van der Waals surface area contributed by atoms with Gasteiger partial charge in [-0.2, -0.15) is 0 Å². The average Bonchev–Trinajstić information content (AvgIpc) is 2.89. The summed E-state index contributed by atoms with van der Waals surface area (Å²) in [5, 5.41) is 3.60. The Morgan fingerprint density at radius 2 is 2.33 bits per heavy atom. The van der Waals surface area contributed by atoms with E-state index in [4.69, 9.17) is 0 Å². The molecule has 18 heavy (non-hydrogen) atoms. The van der Waals surface area contributed by atoms with Crippen molar-refractivity contribution in [2.24, 2.45) is 0 Å². The van der Waals surface area contributed by atoms with Crippen LogP contribution in [0, 0.1) is 0 Å². The predicted molar refractivity (Wildman–Crippen MR) is 75.4 cm³/mol. The molecule has 0 amide bonds. The van der Waals surface area contributed by atoms with Crippen LogP contribution in [-0.4, -0.2) is 16.0 Å². The quantitative estimate of drug-likeness (QED) is 0.915. The van der Waals surface area contributed by atoms with Crippen LogP contribution in [0.15, 0.2) is 35.2 Å². The molecule has 0 fully saturated rings. The third-order valence-corrected chi connectivity index (χ3v) is 4.03. The molecule has 2 aromatic rings. The van der Waals surface area contributed by atoms with Crippen molar-refractivity contribution >= 4 is 15.9 Å². The highest BCUT2D eigenvalue weighted by molar-refractivity contribution is 9.10. The number of hydrogen-bond donors (Lipinski definition) is 2. The average molecular weight is 306 g/mol. The molecule has 1 aromatic heterocycles. The molecule has 3 nitrogen and oxygen atoms in total. The molecule has 94 valence electrons. The van der Waals surface area contributed by atoms with Gasteiger partial charge in [-0.3, -0.25) is 0 Å². The minimum absolute atomic E-state index is 0.571. The van der Waals surface area contributed by atoms with Crippen molar-refractivity contribution in [1.29, 1.82) is 0 Å². The molecule has 1 heterocycles. The van der Waals surface area contributed by atoms with Crippen molar-refractivity contribution in [1.82, 2.24) is 15.3 Å². The predicted octanol–water partition coefficient (Wildman–Crippen LogP) is 2.82. The molecule has 1 aliphatic carbocycles. The Morgan fingerprint density at radius 1 is 1.39 bits per heavy atom. The first-order valence-electron chi connectivity index (χ1n) is 6.29. The fourth-order valence-electron chi connectivity index (χ4n) is 2.53. The lowest BCUT2D eigenvalue weighted by Crippen LogP contribution is -2.34. The fourth-order valence-corrected chi connectivity index (χ4v) is 2.94. The van der Waals surface area contributed by atoms with E-state index in [2.05, 4.69) is 49.4 Å². The van der Waals surface area contributed by atoms with Crippen molar-refractivity contribution in [3.63, 3.8) is 0 Å². The Balaban J connectivity index is 1.62. The maximum absolute atomic E-state index is 4.03. The van der Waals surface area contributed by atoms with Gasteiger partial charge in [0.05, 0.1) is 6.33 Å². The van der Waals surface area contributed by atoms with Gasteiger partial charge >= 0.3 is 0 Å². The molecule has 0 bridgehead atoms. The van der Waals surface area contributed by atoms with E-state index in [0.29, 0.717) is 6.04 Å². The lowest BCUT2D eigenvalue weighted by molar-refractivity contribution is 0.455. The minimum Gasteiger partial charge on any atom is -0.347 e. The van der Waals surface area contributed by atoms with Crippen LogP contribution in [0.2, 0.25) is 0 Å². The summed E-state index contributed by atoms with van der Waals surface area (Å²) in [4.78, 5) is 7.15. The van der Waals surface area contributed by atoms with Gasteiger partial charge < -0.3 is 10.3 Å². The van der Waals surface area contributed by atoms with Crippen LogP contribution in [0.1, 0.15) is 23.2 Å². The largest absolute Gasteiger partial charge is 0.347 e. The molecule has 0 spiro atoms. The number of halogens is 1. The van der Waals surface area contributed by atoms with Gasteiger partial charge in [-0.05, 0) is 42.5 Å². The molecule has 1 atom stereocenters. The highest BCUT2D eigenvalue weighted by Gasteiger charge is 2.18. The maximum atomic E-state index is 4.03. The van der Waals surface area contributed by atoms with Crippen molar-refractivity contribution in [3.8, 4) is 0 Å². The number of benzene rings is 1. The van der Waals surface area contributed by atoms with Gasteiger partial charge in [-0.15, -0.1) is 0 Å². The monoisotopic (exact) mass is 305 g/mol. The summed E-state index contributed by atoms with van der Waals surface area (Å²) in [6, 6.07) is 7.20. The summed E-state index contributed by atoms with van der Waals surface area (Å²) in [6.45, 7) is 0.872. The zero-order chi connectivity index (χ0) is 12.4. The van der Waals surface area contributed by atoms with Gasteiger partial charge in [0.2, 0.25) is 0 Å². The van der Waals surface area contributed by atoms with Crippen molar-refractivity contribution in [3.05, 3.63) is 52.0 Å². The normalized spacial score (nSPS) is 18.6. The minimum atomic E-state index is 0.571. The first-order chi connectivity index (χ1) is 8.81. The molecular formula is C14H16BrN3. The Morgan fingerprint density at radius 3 is 3.17 bits per heavy atom. The van der Waals surface area contributed by atoms with E-state index < -0.39 is 0 Å². The number of hydrogen-bond acceptors (Lipinski definition) is 2. The van der Waals surface area contributed by atoms with E-state index in [-0.39, 0.29) is 0 Å². The molecule has 4 heteroatoms. The Labute approximate surface area is 115 Å². The summed E-state index contributed by atoms with van der Waals surface area (Å²) in [6.07, 6.45) is 7.09. The van der Waals surface area contributed by atoms with Crippen LogP contribution < -0.4 is 5.32 Å². The van der Waals surface area contributed by atoms with E-state index >= 15 is 0 Å². The topological polar surface area (TPSA) is 40.7 Å². The first-order valence-corrected chi connectivity index (χ1v) is 7.08. The van der Waals surface area contributed by atoms with Crippen LogP contribution >= 0.6 is 15.9 Å². The van der Waals surface area contributed by atoms with Crippen molar-refractivity contribution < 1.29 is 0 Å². The lowest BCUT2D eigenvalue weighted by atomic mass is 9.88. The number of fused-ring (bicyclic) bond motifs is 1. The number of nitrogens with one attached hydrogen (secondary N) is 2. The molecule has 1 aliphatic rings. The molecule has 0 saturated heterocycles. The van der Waals surface area contributed by atoms with Gasteiger partial charge in [0.15, 0.2) is 0 Å². The summed E-state index contributed by atoms with van der Waals surface area (Å²) >= 11 is 3.54. The molecule has 0 aliphatic heterocycles. The number of imidazole rings is 1. The van der Waals surface area contributed by atoms with E-state index in [9.17, 15) is 0 Å². The molecule has 1 aromatic carbocycles. The van der Waals surface area contributed by atoms with Gasteiger partial charge in [0.25, 0.3) is 0 Å². The second-order valence-corrected chi connectivity index (χ2v) is 5.73. The number of aryl methyl sites for hydroxylation is 1. The Bertz CT molecular complexity index is 522. The summed E-state index contributed by atoms with van der Waals surface area (Å²) in [7, 11) is 0. The molecule has 1 unspecified atom stereocenters. The van der Waals surface area contributed by atoms with Crippen molar-refractivity contribution in [2.45, 2.75) is 31.8 Å². The van der Waals surface area contributed by atoms with Crippen LogP contribution in [-0.2, 0) is 19.4 Å². The smallest absolute Gasteiger partial charge is 0.0922 e. The van der Waals surface area contributed by atoms with Crippen molar-refractivity contribution in [2.75, 3.05) is 0 Å². The Kier molecular flexibility index (Phi) is 3.48. The fraction of sp³-hybridized carbons (Fsp3) is 0.357. The third-order valence-electron chi connectivity index (χ3n) is 3.53. The zero-order valence-corrected chi connectivity index (χ0v) is 11.7.